The number of rotatable bonds is 5. The Hall–Kier alpha value is -2.76. The molecule has 1 saturated heterocycles. The van der Waals surface area contributed by atoms with Crippen LogP contribution in [0.4, 0.5) is 10.5 Å². The molecule has 1 fully saturated rings. The summed E-state index contributed by atoms with van der Waals surface area (Å²) < 4.78 is 6.15. The van der Waals surface area contributed by atoms with E-state index in [9.17, 15) is 10.0 Å². The van der Waals surface area contributed by atoms with E-state index in [0.717, 1.165) is 48.5 Å². The van der Waals surface area contributed by atoms with Crippen LogP contribution in [0.15, 0.2) is 54.9 Å². The number of hydrogen-bond donors (Lipinski definition) is 1. The normalized spacial score (nSPS) is 15.0. The minimum atomic E-state index is -0.238. The van der Waals surface area contributed by atoms with Gasteiger partial charge >= 0.3 is 6.09 Å². The van der Waals surface area contributed by atoms with E-state index in [1.165, 1.54) is 12.4 Å². The molecule has 0 saturated carbocycles. The summed E-state index contributed by atoms with van der Waals surface area (Å²) in [5.74, 6) is 0.512. The maximum Gasteiger partial charge on any atom is 0.410 e. The van der Waals surface area contributed by atoms with E-state index in [4.69, 9.17) is 4.74 Å². The minimum Gasteiger partial charge on any atom is -0.619 e. The number of benzene rings is 1. The van der Waals surface area contributed by atoms with Crippen LogP contribution in [-0.4, -0.2) is 30.6 Å². The Morgan fingerprint density at radius 1 is 1.16 bits per heavy atom. The van der Waals surface area contributed by atoms with Crippen LogP contribution in [0.1, 0.15) is 18.4 Å². The average Bonchev–Trinajstić information content (AvgIpc) is 2.67. The van der Waals surface area contributed by atoms with E-state index in [1.54, 1.807) is 17.0 Å². The zero-order valence-corrected chi connectivity index (χ0v) is 14.1. The van der Waals surface area contributed by atoms with Gasteiger partial charge in [0.05, 0.1) is 0 Å². The topological polar surface area (TPSA) is 68.5 Å². The quantitative estimate of drug-likeness (QED) is 0.671. The number of pyridine rings is 1. The van der Waals surface area contributed by atoms with Crippen molar-refractivity contribution in [1.29, 1.82) is 0 Å². The summed E-state index contributed by atoms with van der Waals surface area (Å²) in [5, 5.41) is 14.4. The molecule has 1 aliphatic rings. The third kappa shape index (κ3) is 5.11. The molecule has 0 radical (unpaired) electrons. The Bertz CT molecular complexity index is 668. The highest BCUT2D eigenvalue weighted by molar-refractivity contribution is 5.67. The summed E-state index contributed by atoms with van der Waals surface area (Å²) in [6, 6.07) is 13.2. The maximum absolute atomic E-state index is 12.1. The molecule has 2 aromatic rings. The smallest absolute Gasteiger partial charge is 0.410 e. The van der Waals surface area contributed by atoms with Crippen molar-refractivity contribution in [3.63, 3.8) is 0 Å². The number of ether oxygens (including phenoxy) is 1. The predicted molar refractivity (Wildman–Crippen MR) is 94.8 cm³/mol. The molecule has 132 valence electrons. The third-order valence-electron chi connectivity index (χ3n) is 4.47. The van der Waals surface area contributed by atoms with Crippen LogP contribution in [0.3, 0.4) is 0 Å². The SMILES string of the molecule is O=C(OCc1ccccc1)N1CCC(CNc2cc[n+]([O-])cc2)CC1. The molecule has 25 heavy (non-hydrogen) atoms. The summed E-state index contributed by atoms with van der Waals surface area (Å²) in [4.78, 5) is 13.9. The number of likely N-dealkylation sites (tertiary alicyclic amines) is 1. The van der Waals surface area contributed by atoms with E-state index >= 15 is 0 Å². The molecule has 0 aliphatic carbocycles. The van der Waals surface area contributed by atoms with Crippen molar-refractivity contribution in [3.05, 3.63) is 65.6 Å². The second-order valence-electron chi connectivity index (χ2n) is 6.30. The van der Waals surface area contributed by atoms with Crippen molar-refractivity contribution in [3.8, 4) is 0 Å². The minimum absolute atomic E-state index is 0.238. The summed E-state index contributed by atoms with van der Waals surface area (Å²) in [5.41, 5.74) is 1.94. The summed E-state index contributed by atoms with van der Waals surface area (Å²) in [7, 11) is 0. The van der Waals surface area contributed by atoms with Crippen LogP contribution >= 0.6 is 0 Å². The van der Waals surface area contributed by atoms with Crippen molar-refractivity contribution in [2.24, 2.45) is 5.92 Å². The standard InChI is InChI=1S/C19H23N3O3/c23-19(25-15-17-4-2-1-3-5-17)21-10-6-16(7-11-21)14-20-18-8-12-22(24)13-9-18/h1-5,8-9,12-13,16,20H,6-7,10-11,14-15H2. The lowest BCUT2D eigenvalue weighted by atomic mass is 9.97. The molecule has 2 heterocycles. The second kappa shape index (κ2) is 8.37. The molecule has 6 nitrogen and oxygen atoms in total. The number of amides is 1. The maximum atomic E-state index is 12.1. The van der Waals surface area contributed by atoms with Gasteiger partial charge in [0.25, 0.3) is 0 Å². The van der Waals surface area contributed by atoms with Gasteiger partial charge in [0, 0.05) is 37.5 Å². The van der Waals surface area contributed by atoms with Crippen LogP contribution < -0.4 is 10.0 Å². The lowest BCUT2D eigenvalue weighted by Crippen LogP contribution is -2.40. The Labute approximate surface area is 147 Å². The predicted octanol–water partition coefficient (Wildman–Crippen LogP) is 2.78. The van der Waals surface area contributed by atoms with E-state index in [2.05, 4.69) is 5.32 Å². The van der Waals surface area contributed by atoms with E-state index in [1.807, 2.05) is 30.3 Å². The Balaban J connectivity index is 1.37. The number of piperidine rings is 1. The number of nitrogens with one attached hydrogen (secondary N) is 1. The molecule has 0 unspecified atom stereocenters. The number of hydrogen-bond acceptors (Lipinski definition) is 4. The molecular formula is C19H23N3O3. The van der Waals surface area contributed by atoms with Gasteiger partial charge < -0.3 is 20.2 Å². The van der Waals surface area contributed by atoms with Crippen LogP contribution in [0, 0.1) is 11.1 Å². The summed E-state index contributed by atoms with van der Waals surface area (Å²) >= 11 is 0. The molecule has 6 heteroatoms. The Morgan fingerprint density at radius 3 is 2.52 bits per heavy atom. The third-order valence-corrected chi connectivity index (χ3v) is 4.47. The van der Waals surface area contributed by atoms with Crippen LogP contribution in [0.25, 0.3) is 0 Å². The van der Waals surface area contributed by atoms with E-state index < -0.39 is 0 Å². The average molecular weight is 341 g/mol. The molecule has 3 rings (SSSR count). The number of aromatic nitrogens is 1. The fourth-order valence-corrected chi connectivity index (χ4v) is 2.92. The first kappa shape index (κ1) is 17.1. The lowest BCUT2D eigenvalue weighted by Gasteiger charge is -2.31. The van der Waals surface area contributed by atoms with Gasteiger partial charge in [-0.2, -0.15) is 4.73 Å². The lowest BCUT2D eigenvalue weighted by molar-refractivity contribution is -0.605. The monoisotopic (exact) mass is 341 g/mol. The van der Waals surface area contributed by atoms with Crippen LogP contribution in [-0.2, 0) is 11.3 Å². The molecule has 0 spiro atoms. The van der Waals surface area contributed by atoms with Gasteiger partial charge in [-0.1, -0.05) is 30.3 Å². The number of carbonyl (C=O) groups excluding carboxylic acids is 1. The Morgan fingerprint density at radius 2 is 1.84 bits per heavy atom. The largest absolute Gasteiger partial charge is 0.619 e. The van der Waals surface area contributed by atoms with Gasteiger partial charge in [-0.05, 0) is 24.3 Å². The number of anilines is 1. The zero-order chi connectivity index (χ0) is 17.5. The molecule has 1 aliphatic heterocycles. The molecule has 0 bridgehead atoms. The summed E-state index contributed by atoms with van der Waals surface area (Å²) in [6.07, 6.45) is 4.61. The van der Waals surface area contributed by atoms with Gasteiger partial charge in [-0.3, -0.25) is 0 Å². The van der Waals surface area contributed by atoms with Gasteiger partial charge in [0.1, 0.15) is 6.61 Å². The van der Waals surface area contributed by atoms with E-state index in [-0.39, 0.29) is 6.09 Å². The van der Waals surface area contributed by atoms with Gasteiger partial charge in [-0.25, -0.2) is 4.79 Å². The van der Waals surface area contributed by atoms with Crippen molar-refractivity contribution < 1.29 is 14.3 Å². The molecule has 0 atom stereocenters. The van der Waals surface area contributed by atoms with Crippen LogP contribution in [0.2, 0.25) is 0 Å². The first-order valence-electron chi connectivity index (χ1n) is 8.59. The van der Waals surface area contributed by atoms with Crippen molar-refractivity contribution >= 4 is 11.8 Å². The zero-order valence-electron chi connectivity index (χ0n) is 14.1. The highest BCUT2D eigenvalue weighted by Crippen LogP contribution is 2.19. The number of nitrogens with zero attached hydrogens (tertiary/aromatic N) is 2. The Kier molecular flexibility index (Phi) is 5.72. The summed E-state index contributed by atoms with van der Waals surface area (Å²) in [6.45, 7) is 2.59. The van der Waals surface area contributed by atoms with Crippen molar-refractivity contribution in [1.82, 2.24) is 4.90 Å². The van der Waals surface area contributed by atoms with Crippen molar-refractivity contribution in [2.45, 2.75) is 19.4 Å². The molecule has 1 aromatic carbocycles. The molecule has 1 aromatic heterocycles. The highest BCUT2D eigenvalue weighted by atomic mass is 16.6. The first-order valence-corrected chi connectivity index (χ1v) is 8.59. The van der Waals surface area contributed by atoms with Gasteiger partial charge in [-0.15, -0.1) is 0 Å². The van der Waals surface area contributed by atoms with Crippen molar-refractivity contribution in [2.75, 3.05) is 25.0 Å². The fourth-order valence-electron chi connectivity index (χ4n) is 2.92. The van der Waals surface area contributed by atoms with Gasteiger partial charge in [0.2, 0.25) is 0 Å². The van der Waals surface area contributed by atoms with Crippen LogP contribution in [0.5, 0.6) is 0 Å². The second-order valence-corrected chi connectivity index (χ2v) is 6.30. The van der Waals surface area contributed by atoms with E-state index in [0.29, 0.717) is 12.5 Å². The molecule has 1 amide bonds. The molecular weight excluding hydrogens is 318 g/mol. The van der Waals surface area contributed by atoms with Gasteiger partial charge in [0.15, 0.2) is 12.4 Å². The fraction of sp³-hybridized carbons (Fsp3) is 0.368. The number of carbonyl (C=O) groups is 1. The highest BCUT2D eigenvalue weighted by Gasteiger charge is 2.23. The molecule has 1 N–H and O–H groups in total. The first-order chi connectivity index (χ1) is 12.2.